The van der Waals surface area contributed by atoms with E-state index in [1.165, 1.54) is 41.3 Å². The van der Waals surface area contributed by atoms with Gasteiger partial charge in [-0.25, -0.2) is 9.50 Å². The molecule has 1 aromatic carbocycles. The Bertz CT molecular complexity index is 900. The minimum atomic E-state index is -0.654. The number of nitro benzene ring substituents is 1. The Morgan fingerprint density at radius 3 is 2.55 bits per heavy atom. The van der Waals surface area contributed by atoms with Crippen molar-refractivity contribution >= 4 is 22.9 Å². The average molecular weight is 298 g/mol. The highest BCUT2D eigenvalue weighted by molar-refractivity contribution is 6.06. The molecule has 0 bridgehead atoms. The van der Waals surface area contributed by atoms with Crippen LogP contribution in [0.2, 0.25) is 0 Å². The lowest BCUT2D eigenvalue weighted by Crippen LogP contribution is -2.11. The normalized spacial score (nSPS) is 10.7. The van der Waals surface area contributed by atoms with Crippen molar-refractivity contribution in [1.82, 2.24) is 14.6 Å². The number of hydrogen-bond acceptors (Lipinski definition) is 6. The minimum Gasteiger partial charge on any atom is -0.382 e. The number of nitrogen functional groups attached to an aromatic ring is 1. The maximum atomic E-state index is 11.7. The van der Waals surface area contributed by atoms with Crippen molar-refractivity contribution in [3.63, 3.8) is 0 Å². The van der Waals surface area contributed by atoms with Crippen LogP contribution in [0.15, 0.2) is 36.8 Å². The van der Waals surface area contributed by atoms with E-state index in [2.05, 4.69) is 10.1 Å². The molecule has 0 atom stereocenters. The summed E-state index contributed by atoms with van der Waals surface area (Å²) in [6.07, 6.45) is 2.71. The van der Waals surface area contributed by atoms with E-state index >= 15 is 0 Å². The van der Waals surface area contributed by atoms with Crippen LogP contribution in [-0.2, 0) is 0 Å². The van der Waals surface area contributed by atoms with Crippen LogP contribution in [0.4, 0.5) is 11.5 Å². The number of nitrogens with two attached hydrogens (primary N) is 2. The van der Waals surface area contributed by atoms with Crippen LogP contribution in [0.5, 0.6) is 0 Å². The number of primary amides is 1. The molecular weight excluding hydrogens is 288 g/mol. The second-order valence-electron chi connectivity index (χ2n) is 4.52. The number of anilines is 1. The molecule has 0 spiro atoms. The molecular formula is C13H10N6O3. The van der Waals surface area contributed by atoms with Crippen molar-refractivity contribution in [3.05, 3.63) is 52.5 Å². The summed E-state index contributed by atoms with van der Waals surface area (Å²) in [6.45, 7) is 0. The number of non-ortho nitro benzene ring substituents is 1. The highest BCUT2D eigenvalue weighted by atomic mass is 16.6. The summed E-state index contributed by atoms with van der Waals surface area (Å²) in [5, 5.41) is 14.7. The molecule has 9 heteroatoms. The van der Waals surface area contributed by atoms with Gasteiger partial charge in [-0.2, -0.15) is 5.10 Å². The highest BCUT2D eigenvalue weighted by Gasteiger charge is 2.20. The lowest BCUT2D eigenvalue weighted by atomic mass is 10.0. The first-order valence-corrected chi connectivity index (χ1v) is 6.15. The maximum Gasteiger partial charge on any atom is 0.269 e. The van der Waals surface area contributed by atoms with Crippen LogP contribution in [0, 0.1) is 10.1 Å². The molecule has 0 aliphatic rings. The molecule has 9 nitrogen and oxygen atoms in total. The third-order valence-corrected chi connectivity index (χ3v) is 3.23. The molecule has 4 N–H and O–H groups in total. The first-order chi connectivity index (χ1) is 10.5. The van der Waals surface area contributed by atoms with Gasteiger partial charge in [-0.3, -0.25) is 14.9 Å². The van der Waals surface area contributed by atoms with Gasteiger partial charge in [-0.1, -0.05) is 0 Å². The van der Waals surface area contributed by atoms with Crippen molar-refractivity contribution < 1.29 is 9.72 Å². The van der Waals surface area contributed by atoms with Gasteiger partial charge in [0.05, 0.1) is 10.5 Å². The molecule has 22 heavy (non-hydrogen) atoms. The zero-order valence-corrected chi connectivity index (χ0v) is 11.1. The summed E-state index contributed by atoms with van der Waals surface area (Å²) < 4.78 is 1.40. The largest absolute Gasteiger partial charge is 0.382 e. The first-order valence-electron chi connectivity index (χ1n) is 6.15. The summed E-state index contributed by atoms with van der Waals surface area (Å²) in [4.78, 5) is 25.8. The van der Waals surface area contributed by atoms with Gasteiger partial charge in [0.2, 0.25) is 0 Å². The molecule has 0 unspecified atom stereocenters. The highest BCUT2D eigenvalue weighted by Crippen LogP contribution is 2.32. The van der Waals surface area contributed by atoms with Gasteiger partial charge in [-0.15, -0.1) is 0 Å². The summed E-state index contributed by atoms with van der Waals surface area (Å²) in [5.41, 5.74) is 12.8. The molecule has 0 aliphatic carbocycles. The molecule has 2 aromatic heterocycles. The number of hydrogen-bond donors (Lipinski definition) is 2. The Balaban J connectivity index is 2.30. The lowest BCUT2D eigenvalue weighted by Gasteiger charge is -2.04. The summed E-state index contributed by atoms with van der Waals surface area (Å²) in [7, 11) is 0. The molecule has 3 aromatic rings. The van der Waals surface area contributed by atoms with Crippen LogP contribution < -0.4 is 11.5 Å². The number of amides is 1. The molecule has 1 amide bonds. The van der Waals surface area contributed by atoms with Crippen molar-refractivity contribution in [1.29, 1.82) is 0 Å². The Morgan fingerprint density at radius 2 is 1.95 bits per heavy atom. The van der Waals surface area contributed by atoms with Gasteiger partial charge in [-0.05, 0) is 17.7 Å². The van der Waals surface area contributed by atoms with Crippen LogP contribution in [0.1, 0.15) is 10.4 Å². The van der Waals surface area contributed by atoms with Crippen molar-refractivity contribution in [2.75, 3.05) is 5.73 Å². The Morgan fingerprint density at radius 1 is 1.27 bits per heavy atom. The number of nitro groups is 1. The number of aromatic nitrogens is 3. The van der Waals surface area contributed by atoms with Gasteiger partial charge in [0.15, 0.2) is 5.82 Å². The van der Waals surface area contributed by atoms with E-state index in [1.54, 1.807) is 0 Å². The molecule has 110 valence electrons. The van der Waals surface area contributed by atoms with E-state index in [4.69, 9.17) is 11.5 Å². The number of benzene rings is 1. The third-order valence-electron chi connectivity index (χ3n) is 3.23. The van der Waals surface area contributed by atoms with Gasteiger partial charge >= 0.3 is 0 Å². The molecule has 0 saturated heterocycles. The summed E-state index contributed by atoms with van der Waals surface area (Å²) in [6, 6.07) is 5.71. The smallest absolute Gasteiger partial charge is 0.269 e. The predicted octanol–water partition coefficient (Wildman–Crippen LogP) is 0.986. The topological polar surface area (TPSA) is 142 Å². The van der Waals surface area contributed by atoms with Gasteiger partial charge in [0, 0.05) is 23.9 Å². The van der Waals surface area contributed by atoms with Gasteiger partial charge in [0.1, 0.15) is 11.8 Å². The van der Waals surface area contributed by atoms with E-state index in [0.717, 1.165) is 0 Å². The molecule has 0 aliphatic heterocycles. The fourth-order valence-corrected chi connectivity index (χ4v) is 2.26. The quantitative estimate of drug-likeness (QED) is 0.545. The summed E-state index contributed by atoms with van der Waals surface area (Å²) >= 11 is 0. The number of carbonyl (C=O) groups is 1. The van der Waals surface area contributed by atoms with E-state index in [1.807, 2.05) is 0 Å². The number of nitrogens with zero attached hydrogens (tertiary/aromatic N) is 4. The Labute approximate surface area is 123 Å². The number of fused-ring (bicyclic) bond motifs is 1. The van der Waals surface area contributed by atoms with E-state index < -0.39 is 10.8 Å². The number of carbonyl (C=O) groups excluding carboxylic acids is 1. The van der Waals surface area contributed by atoms with E-state index in [0.29, 0.717) is 16.6 Å². The lowest BCUT2D eigenvalue weighted by molar-refractivity contribution is -0.384. The zero-order valence-electron chi connectivity index (χ0n) is 11.1. The minimum absolute atomic E-state index is 0.0582. The summed E-state index contributed by atoms with van der Waals surface area (Å²) in [5.74, 6) is -0.478. The molecule has 2 heterocycles. The van der Waals surface area contributed by atoms with Crippen LogP contribution >= 0.6 is 0 Å². The molecule has 0 radical (unpaired) electrons. The van der Waals surface area contributed by atoms with Crippen molar-refractivity contribution in [2.24, 2.45) is 5.73 Å². The first kappa shape index (κ1) is 13.5. The van der Waals surface area contributed by atoms with Crippen LogP contribution in [0.25, 0.3) is 16.6 Å². The van der Waals surface area contributed by atoms with Crippen LogP contribution in [-0.4, -0.2) is 25.4 Å². The Hall–Kier alpha value is -3.49. The molecule has 0 saturated carbocycles. The fourth-order valence-electron chi connectivity index (χ4n) is 2.26. The predicted molar refractivity (Wildman–Crippen MR) is 78.0 cm³/mol. The van der Waals surface area contributed by atoms with Gasteiger partial charge < -0.3 is 11.5 Å². The van der Waals surface area contributed by atoms with E-state index in [-0.39, 0.29) is 17.1 Å². The van der Waals surface area contributed by atoms with Gasteiger partial charge in [0.25, 0.3) is 11.6 Å². The van der Waals surface area contributed by atoms with Crippen molar-refractivity contribution in [3.8, 4) is 11.1 Å². The monoisotopic (exact) mass is 298 g/mol. The fraction of sp³-hybridized carbons (Fsp3) is 0. The van der Waals surface area contributed by atoms with E-state index in [9.17, 15) is 14.9 Å². The standard InChI is InChI=1S/C13H10N6O3/c14-12-11-10(7-1-3-8(4-2-7)19(21)22)9(13(15)20)5-18(11)17-6-16-12/h1-6H,(H2,15,20)(H2,14,16,17). The third kappa shape index (κ3) is 2.00. The molecule has 3 rings (SSSR count). The Kier molecular flexibility index (Phi) is 2.95. The maximum absolute atomic E-state index is 11.7. The van der Waals surface area contributed by atoms with Crippen molar-refractivity contribution in [2.45, 2.75) is 0 Å². The molecule has 0 fully saturated rings. The zero-order chi connectivity index (χ0) is 15.9. The second kappa shape index (κ2) is 4.81. The average Bonchev–Trinajstić information content (AvgIpc) is 2.88. The van der Waals surface area contributed by atoms with Crippen LogP contribution in [0.3, 0.4) is 0 Å². The SMILES string of the molecule is NC(=O)c1cn2ncnc(N)c2c1-c1ccc([N+](=O)[O-])cc1. The second-order valence-corrected chi connectivity index (χ2v) is 4.52. The number of rotatable bonds is 3.